The number of aliphatic hydroxyl groups excluding tert-OH is 1. The van der Waals surface area contributed by atoms with Gasteiger partial charge in [-0.3, -0.25) is 0 Å². The lowest BCUT2D eigenvalue weighted by atomic mass is 10.4. The number of pyridine rings is 1. The highest BCUT2D eigenvalue weighted by atomic mass is 16.5. The standard InChI is InChI=1S/C10H18N4O2/c1-16-8-6-14(5-7-15)10-4-2-3-9(12-10)13-11/h2-4,15H,5-8,11H2,1H3,(H,12,13). The summed E-state index contributed by atoms with van der Waals surface area (Å²) in [5.41, 5.74) is 2.49. The van der Waals surface area contributed by atoms with E-state index in [1.165, 1.54) is 0 Å². The van der Waals surface area contributed by atoms with Crippen molar-refractivity contribution in [1.82, 2.24) is 4.98 Å². The third-order valence-electron chi connectivity index (χ3n) is 2.14. The second-order valence-corrected chi connectivity index (χ2v) is 3.23. The van der Waals surface area contributed by atoms with E-state index in [9.17, 15) is 0 Å². The van der Waals surface area contributed by atoms with Gasteiger partial charge in [0, 0.05) is 20.2 Å². The van der Waals surface area contributed by atoms with E-state index in [0.29, 0.717) is 25.5 Å². The topological polar surface area (TPSA) is 83.6 Å². The number of nitrogen functional groups attached to an aromatic ring is 1. The van der Waals surface area contributed by atoms with Crippen LogP contribution < -0.4 is 16.2 Å². The van der Waals surface area contributed by atoms with E-state index in [4.69, 9.17) is 15.7 Å². The molecule has 0 saturated heterocycles. The number of nitrogens with one attached hydrogen (secondary N) is 1. The van der Waals surface area contributed by atoms with E-state index >= 15 is 0 Å². The highest BCUT2D eigenvalue weighted by Crippen LogP contribution is 2.13. The number of aromatic nitrogens is 1. The molecule has 90 valence electrons. The lowest BCUT2D eigenvalue weighted by Crippen LogP contribution is -2.31. The molecular weight excluding hydrogens is 208 g/mol. The van der Waals surface area contributed by atoms with Gasteiger partial charge in [0.2, 0.25) is 0 Å². The zero-order chi connectivity index (χ0) is 11.8. The Morgan fingerprint density at radius 3 is 2.94 bits per heavy atom. The van der Waals surface area contributed by atoms with Crippen molar-refractivity contribution < 1.29 is 9.84 Å². The van der Waals surface area contributed by atoms with Crippen LogP contribution in [0.15, 0.2) is 18.2 Å². The first-order valence-corrected chi connectivity index (χ1v) is 5.10. The smallest absolute Gasteiger partial charge is 0.142 e. The van der Waals surface area contributed by atoms with Crippen LogP contribution in [0.25, 0.3) is 0 Å². The maximum Gasteiger partial charge on any atom is 0.142 e. The number of nitrogens with two attached hydrogens (primary N) is 1. The SMILES string of the molecule is COCCN(CCO)c1cccc(NN)n1. The van der Waals surface area contributed by atoms with Gasteiger partial charge in [-0.1, -0.05) is 6.07 Å². The highest BCUT2D eigenvalue weighted by molar-refractivity contribution is 5.46. The molecule has 1 aromatic heterocycles. The van der Waals surface area contributed by atoms with Crippen molar-refractivity contribution in [3.63, 3.8) is 0 Å². The normalized spacial score (nSPS) is 10.2. The number of rotatable bonds is 7. The molecule has 0 saturated carbocycles. The molecule has 1 aromatic rings. The number of aliphatic hydroxyl groups is 1. The number of nitrogens with zero attached hydrogens (tertiary/aromatic N) is 2. The van der Waals surface area contributed by atoms with Crippen LogP contribution >= 0.6 is 0 Å². The van der Waals surface area contributed by atoms with Gasteiger partial charge in [0.15, 0.2) is 0 Å². The van der Waals surface area contributed by atoms with Gasteiger partial charge in [0.05, 0.1) is 13.2 Å². The minimum Gasteiger partial charge on any atom is -0.395 e. The monoisotopic (exact) mass is 226 g/mol. The van der Waals surface area contributed by atoms with Crippen LogP contribution in [0.4, 0.5) is 11.6 Å². The molecule has 0 fully saturated rings. The van der Waals surface area contributed by atoms with Crippen LogP contribution in [0.3, 0.4) is 0 Å². The maximum absolute atomic E-state index is 8.97. The van der Waals surface area contributed by atoms with Crippen molar-refractivity contribution in [2.45, 2.75) is 0 Å². The van der Waals surface area contributed by atoms with E-state index in [1.807, 2.05) is 17.0 Å². The minimum absolute atomic E-state index is 0.0751. The van der Waals surface area contributed by atoms with Crippen LogP contribution in [0.2, 0.25) is 0 Å². The van der Waals surface area contributed by atoms with Crippen molar-refractivity contribution >= 4 is 11.6 Å². The number of hydrazine groups is 1. The molecule has 6 heteroatoms. The quantitative estimate of drug-likeness (QED) is 0.441. The first kappa shape index (κ1) is 12.7. The van der Waals surface area contributed by atoms with E-state index < -0.39 is 0 Å². The van der Waals surface area contributed by atoms with Gasteiger partial charge >= 0.3 is 0 Å². The lowest BCUT2D eigenvalue weighted by Gasteiger charge is -2.22. The average Bonchev–Trinajstić information content (AvgIpc) is 2.34. The summed E-state index contributed by atoms with van der Waals surface area (Å²) in [7, 11) is 1.64. The fourth-order valence-corrected chi connectivity index (χ4v) is 1.34. The molecule has 0 unspecified atom stereocenters. The Morgan fingerprint density at radius 2 is 2.31 bits per heavy atom. The Labute approximate surface area is 95.0 Å². The summed E-state index contributed by atoms with van der Waals surface area (Å²) in [5, 5.41) is 8.97. The zero-order valence-electron chi connectivity index (χ0n) is 9.39. The average molecular weight is 226 g/mol. The molecule has 4 N–H and O–H groups in total. The van der Waals surface area contributed by atoms with E-state index in [-0.39, 0.29) is 6.61 Å². The fraction of sp³-hybridized carbons (Fsp3) is 0.500. The van der Waals surface area contributed by atoms with Crippen LogP contribution in [-0.2, 0) is 4.74 Å². The van der Waals surface area contributed by atoms with Crippen molar-refractivity contribution in [2.24, 2.45) is 5.84 Å². The summed E-state index contributed by atoms with van der Waals surface area (Å²) in [4.78, 5) is 6.22. The van der Waals surface area contributed by atoms with Crippen molar-refractivity contribution in [3.05, 3.63) is 18.2 Å². The molecule has 0 amide bonds. The predicted molar refractivity (Wildman–Crippen MR) is 63.2 cm³/mol. The molecule has 0 spiro atoms. The highest BCUT2D eigenvalue weighted by Gasteiger charge is 2.07. The van der Waals surface area contributed by atoms with Gasteiger partial charge in [0.25, 0.3) is 0 Å². The summed E-state index contributed by atoms with van der Waals surface area (Å²) in [5.74, 6) is 6.65. The third-order valence-corrected chi connectivity index (χ3v) is 2.14. The lowest BCUT2D eigenvalue weighted by molar-refractivity contribution is 0.202. The van der Waals surface area contributed by atoms with Crippen LogP contribution in [-0.4, -0.2) is 43.5 Å². The van der Waals surface area contributed by atoms with Gasteiger partial charge in [-0.2, -0.15) is 0 Å². The Balaban J connectivity index is 2.73. The Hall–Kier alpha value is -1.37. The largest absolute Gasteiger partial charge is 0.395 e. The Morgan fingerprint density at radius 1 is 1.50 bits per heavy atom. The van der Waals surface area contributed by atoms with Gasteiger partial charge in [0.1, 0.15) is 11.6 Å². The van der Waals surface area contributed by atoms with Gasteiger partial charge < -0.3 is 20.2 Å². The van der Waals surface area contributed by atoms with Gasteiger partial charge in [-0.05, 0) is 12.1 Å². The molecule has 0 atom stereocenters. The molecule has 0 aliphatic rings. The predicted octanol–water partition coefficient (Wildman–Crippen LogP) is -0.188. The van der Waals surface area contributed by atoms with E-state index in [1.54, 1.807) is 13.2 Å². The Bertz CT molecular complexity index is 309. The molecule has 0 bridgehead atoms. The molecular formula is C10H18N4O2. The maximum atomic E-state index is 8.97. The van der Waals surface area contributed by atoms with E-state index in [2.05, 4.69) is 10.4 Å². The van der Waals surface area contributed by atoms with Gasteiger partial charge in [-0.15, -0.1) is 0 Å². The zero-order valence-corrected chi connectivity index (χ0v) is 9.39. The van der Waals surface area contributed by atoms with Gasteiger partial charge in [-0.25, -0.2) is 10.8 Å². The van der Waals surface area contributed by atoms with Crippen LogP contribution in [0, 0.1) is 0 Å². The summed E-state index contributed by atoms with van der Waals surface area (Å²) in [6.45, 7) is 1.86. The first-order chi connectivity index (χ1) is 7.81. The number of anilines is 2. The second kappa shape index (κ2) is 7.00. The summed E-state index contributed by atoms with van der Waals surface area (Å²) in [6, 6.07) is 5.50. The molecule has 0 aliphatic heterocycles. The fourth-order valence-electron chi connectivity index (χ4n) is 1.34. The number of ether oxygens (including phenoxy) is 1. The minimum atomic E-state index is 0.0751. The number of hydrogen-bond donors (Lipinski definition) is 3. The number of methoxy groups -OCH3 is 1. The molecule has 1 heterocycles. The first-order valence-electron chi connectivity index (χ1n) is 5.10. The number of hydrogen-bond acceptors (Lipinski definition) is 6. The second-order valence-electron chi connectivity index (χ2n) is 3.23. The third kappa shape index (κ3) is 3.65. The molecule has 16 heavy (non-hydrogen) atoms. The molecule has 0 radical (unpaired) electrons. The molecule has 0 aliphatic carbocycles. The summed E-state index contributed by atoms with van der Waals surface area (Å²) >= 11 is 0. The Kier molecular flexibility index (Phi) is 5.55. The summed E-state index contributed by atoms with van der Waals surface area (Å²) in [6.07, 6.45) is 0. The van der Waals surface area contributed by atoms with E-state index in [0.717, 1.165) is 5.82 Å². The van der Waals surface area contributed by atoms with Crippen LogP contribution in [0.1, 0.15) is 0 Å². The molecule has 0 aromatic carbocycles. The van der Waals surface area contributed by atoms with Crippen LogP contribution in [0.5, 0.6) is 0 Å². The van der Waals surface area contributed by atoms with Crippen molar-refractivity contribution in [1.29, 1.82) is 0 Å². The van der Waals surface area contributed by atoms with Crippen molar-refractivity contribution in [2.75, 3.05) is 43.7 Å². The molecule has 1 rings (SSSR count). The molecule has 6 nitrogen and oxygen atoms in total. The summed E-state index contributed by atoms with van der Waals surface area (Å²) < 4.78 is 5.01. The van der Waals surface area contributed by atoms with Crippen molar-refractivity contribution in [3.8, 4) is 0 Å².